The molecule has 0 atom stereocenters. The predicted octanol–water partition coefficient (Wildman–Crippen LogP) is 2.41. The Morgan fingerprint density at radius 3 is 2.83 bits per heavy atom. The van der Waals surface area contributed by atoms with Crippen molar-refractivity contribution in [2.45, 2.75) is 32.8 Å². The van der Waals surface area contributed by atoms with Gasteiger partial charge in [0.15, 0.2) is 0 Å². The molecule has 0 spiro atoms. The van der Waals surface area contributed by atoms with Crippen molar-refractivity contribution >= 4 is 12.0 Å². The molecule has 2 amide bonds. The molecule has 2 aromatic rings. The number of imide groups is 1. The number of nitrogens with zero attached hydrogens (tertiary/aromatic N) is 3. The van der Waals surface area contributed by atoms with Crippen LogP contribution in [0.2, 0.25) is 0 Å². The number of hydrogen-bond donors (Lipinski definition) is 1. The summed E-state index contributed by atoms with van der Waals surface area (Å²) in [4.78, 5) is 37.1. The number of hydrogen-bond acceptors (Lipinski definition) is 5. The smallest absolute Gasteiger partial charge is 0.417 e. The Hall–Kier alpha value is -2.70. The Morgan fingerprint density at radius 1 is 1.39 bits per heavy atom. The van der Waals surface area contributed by atoms with Crippen LogP contribution in [0.4, 0.5) is 4.79 Å². The molecular formula is C16H18N4O3. The largest absolute Gasteiger partial charge is 0.443 e. The summed E-state index contributed by atoms with van der Waals surface area (Å²) in [6.45, 7) is 5.61. The lowest BCUT2D eigenvalue weighted by Gasteiger charge is -2.28. The standard InChI is InChI=1S/C16H18N4O3/c1-16(2,3)23-15(22)20-7-5-11-10(14(20)21)8-13(19-11)12-4-6-17-9-18-12/h4,6,8-9,19H,5,7H2,1-3H3. The molecule has 0 aliphatic carbocycles. The second-order valence-electron chi connectivity index (χ2n) is 6.36. The minimum atomic E-state index is -0.637. The number of ether oxygens (including phenoxy) is 1. The van der Waals surface area contributed by atoms with Crippen LogP contribution in [0.3, 0.4) is 0 Å². The summed E-state index contributed by atoms with van der Waals surface area (Å²) in [6.07, 6.45) is 3.03. The summed E-state index contributed by atoms with van der Waals surface area (Å²) in [5.41, 5.74) is 2.09. The van der Waals surface area contributed by atoms with Crippen LogP contribution >= 0.6 is 0 Å². The van der Waals surface area contributed by atoms with Gasteiger partial charge in [0.25, 0.3) is 5.91 Å². The molecule has 0 unspecified atom stereocenters. The van der Waals surface area contributed by atoms with Crippen LogP contribution in [-0.4, -0.2) is 44.0 Å². The van der Waals surface area contributed by atoms with Crippen LogP contribution in [0.1, 0.15) is 36.8 Å². The van der Waals surface area contributed by atoms with E-state index in [-0.39, 0.29) is 5.91 Å². The number of aromatic nitrogens is 3. The van der Waals surface area contributed by atoms with Crippen LogP contribution in [-0.2, 0) is 11.2 Å². The third-order valence-corrected chi connectivity index (χ3v) is 3.43. The van der Waals surface area contributed by atoms with E-state index in [0.29, 0.717) is 24.2 Å². The van der Waals surface area contributed by atoms with Crippen molar-refractivity contribution in [3.63, 3.8) is 0 Å². The molecule has 3 rings (SSSR count). The molecule has 0 fully saturated rings. The average molecular weight is 314 g/mol. The molecule has 0 radical (unpaired) electrons. The molecule has 1 aliphatic heterocycles. The van der Waals surface area contributed by atoms with Gasteiger partial charge in [0, 0.05) is 24.9 Å². The second kappa shape index (κ2) is 5.49. The molecule has 2 aromatic heterocycles. The molecule has 1 aliphatic rings. The summed E-state index contributed by atoms with van der Waals surface area (Å²) in [5, 5.41) is 0. The fourth-order valence-corrected chi connectivity index (χ4v) is 2.44. The van der Waals surface area contributed by atoms with Crippen molar-refractivity contribution in [1.82, 2.24) is 19.9 Å². The van der Waals surface area contributed by atoms with Gasteiger partial charge < -0.3 is 9.72 Å². The average Bonchev–Trinajstić information content (AvgIpc) is 2.91. The van der Waals surface area contributed by atoms with E-state index in [4.69, 9.17) is 4.74 Å². The zero-order chi connectivity index (χ0) is 16.6. The van der Waals surface area contributed by atoms with E-state index in [0.717, 1.165) is 16.3 Å². The molecule has 120 valence electrons. The molecule has 0 bridgehead atoms. The first-order valence-corrected chi connectivity index (χ1v) is 7.38. The van der Waals surface area contributed by atoms with Crippen molar-refractivity contribution in [1.29, 1.82) is 0 Å². The minimum Gasteiger partial charge on any atom is -0.443 e. The lowest BCUT2D eigenvalue weighted by molar-refractivity contribution is 0.0233. The predicted molar refractivity (Wildman–Crippen MR) is 82.8 cm³/mol. The molecule has 3 heterocycles. The van der Waals surface area contributed by atoms with Gasteiger partial charge in [-0.3, -0.25) is 4.79 Å². The normalized spacial score (nSPS) is 14.6. The van der Waals surface area contributed by atoms with E-state index in [1.54, 1.807) is 39.1 Å². The summed E-state index contributed by atoms with van der Waals surface area (Å²) in [6, 6.07) is 3.48. The number of rotatable bonds is 1. The molecule has 0 saturated heterocycles. The number of fused-ring (bicyclic) bond motifs is 1. The quantitative estimate of drug-likeness (QED) is 0.873. The molecule has 23 heavy (non-hydrogen) atoms. The molecule has 0 saturated carbocycles. The lowest BCUT2D eigenvalue weighted by atomic mass is 10.1. The highest BCUT2D eigenvalue weighted by Crippen LogP contribution is 2.25. The van der Waals surface area contributed by atoms with Crippen molar-refractivity contribution in [3.8, 4) is 11.4 Å². The fourth-order valence-electron chi connectivity index (χ4n) is 2.44. The highest BCUT2D eigenvalue weighted by molar-refractivity contribution is 6.05. The first-order valence-electron chi connectivity index (χ1n) is 7.38. The van der Waals surface area contributed by atoms with Crippen molar-refractivity contribution in [2.75, 3.05) is 6.54 Å². The van der Waals surface area contributed by atoms with Crippen molar-refractivity contribution in [3.05, 3.63) is 35.9 Å². The van der Waals surface area contributed by atoms with Crippen molar-refractivity contribution in [2.24, 2.45) is 0 Å². The number of aromatic amines is 1. The number of carbonyl (C=O) groups is 2. The molecule has 0 aromatic carbocycles. The Bertz CT molecular complexity index is 746. The fraction of sp³-hybridized carbons (Fsp3) is 0.375. The molecule has 7 nitrogen and oxygen atoms in total. The summed E-state index contributed by atoms with van der Waals surface area (Å²) in [7, 11) is 0. The Labute approximate surface area is 133 Å². The number of H-pyrrole nitrogens is 1. The molecule has 1 N–H and O–H groups in total. The van der Waals surface area contributed by atoms with E-state index in [9.17, 15) is 9.59 Å². The van der Waals surface area contributed by atoms with Gasteiger partial charge in [-0.1, -0.05) is 0 Å². The minimum absolute atomic E-state index is 0.296. The molecule has 7 heteroatoms. The highest BCUT2D eigenvalue weighted by atomic mass is 16.6. The third kappa shape index (κ3) is 3.08. The van der Waals surface area contributed by atoms with Gasteiger partial charge in [-0.15, -0.1) is 0 Å². The summed E-state index contributed by atoms with van der Waals surface area (Å²) in [5.74, 6) is -0.350. The van der Waals surface area contributed by atoms with Gasteiger partial charge in [0.1, 0.15) is 11.9 Å². The van der Waals surface area contributed by atoms with Gasteiger partial charge in [-0.2, -0.15) is 0 Å². The van der Waals surface area contributed by atoms with Crippen LogP contribution in [0.25, 0.3) is 11.4 Å². The topological polar surface area (TPSA) is 88.2 Å². The number of carbonyl (C=O) groups excluding carboxylic acids is 2. The zero-order valence-electron chi connectivity index (χ0n) is 13.3. The highest BCUT2D eigenvalue weighted by Gasteiger charge is 2.33. The van der Waals surface area contributed by atoms with E-state index in [2.05, 4.69) is 15.0 Å². The Morgan fingerprint density at radius 2 is 2.17 bits per heavy atom. The maximum Gasteiger partial charge on any atom is 0.417 e. The van der Waals surface area contributed by atoms with Gasteiger partial charge in [0.05, 0.1) is 17.0 Å². The SMILES string of the molecule is CC(C)(C)OC(=O)N1CCc2[nH]c(-c3ccncn3)cc2C1=O. The van der Waals surface area contributed by atoms with E-state index in [1.807, 2.05) is 0 Å². The van der Waals surface area contributed by atoms with Crippen LogP contribution in [0.5, 0.6) is 0 Å². The second-order valence-corrected chi connectivity index (χ2v) is 6.36. The summed E-state index contributed by atoms with van der Waals surface area (Å²) >= 11 is 0. The van der Waals surface area contributed by atoms with Gasteiger partial charge in [-0.25, -0.2) is 19.7 Å². The van der Waals surface area contributed by atoms with Crippen LogP contribution < -0.4 is 0 Å². The Kier molecular flexibility index (Phi) is 3.63. The maximum absolute atomic E-state index is 12.6. The maximum atomic E-state index is 12.6. The van der Waals surface area contributed by atoms with Crippen LogP contribution in [0, 0.1) is 0 Å². The van der Waals surface area contributed by atoms with E-state index < -0.39 is 11.7 Å². The Balaban J connectivity index is 1.86. The van der Waals surface area contributed by atoms with Gasteiger partial charge >= 0.3 is 6.09 Å². The third-order valence-electron chi connectivity index (χ3n) is 3.43. The van der Waals surface area contributed by atoms with Crippen molar-refractivity contribution < 1.29 is 14.3 Å². The van der Waals surface area contributed by atoms with Gasteiger partial charge in [-0.05, 0) is 32.9 Å². The van der Waals surface area contributed by atoms with Gasteiger partial charge in [0.2, 0.25) is 0 Å². The first kappa shape index (κ1) is 15.2. The monoisotopic (exact) mass is 314 g/mol. The van der Waals surface area contributed by atoms with E-state index in [1.165, 1.54) is 6.33 Å². The summed E-state index contributed by atoms with van der Waals surface area (Å²) < 4.78 is 5.29. The zero-order valence-corrected chi connectivity index (χ0v) is 13.3. The number of amides is 2. The lowest BCUT2D eigenvalue weighted by Crippen LogP contribution is -2.44. The molecular weight excluding hydrogens is 296 g/mol. The van der Waals surface area contributed by atoms with E-state index >= 15 is 0 Å². The first-order chi connectivity index (χ1) is 10.8. The number of nitrogens with one attached hydrogen (secondary N) is 1. The van der Waals surface area contributed by atoms with Crippen LogP contribution in [0.15, 0.2) is 24.7 Å².